The average molecular weight is 157 g/mol. The van der Waals surface area contributed by atoms with E-state index in [1.807, 2.05) is 0 Å². The molecule has 1 heterocycles. The van der Waals surface area contributed by atoms with Crippen LogP contribution in [-0.4, -0.2) is 34.5 Å². The minimum Gasteiger partial charge on any atom is -0.481 e. The first kappa shape index (κ1) is 8.04. The fraction of sp³-hybridized carbons (Fsp3) is 0.714. The highest BCUT2D eigenvalue weighted by molar-refractivity contribution is 5.76. The summed E-state index contributed by atoms with van der Waals surface area (Å²) in [5, 5.41) is 8.41. The third kappa shape index (κ3) is 1.69. The molecular weight excluding hydrogens is 146 g/mol. The first-order valence-electron chi connectivity index (χ1n) is 3.60. The van der Waals surface area contributed by atoms with Gasteiger partial charge in [0.25, 0.3) is 0 Å². The molecule has 0 aromatic heterocycles. The number of carboxylic acid groups (broad SMARTS) is 1. The van der Waals surface area contributed by atoms with E-state index in [4.69, 9.17) is 5.11 Å². The molecule has 0 unspecified atom stereocenters. The van der Waals surface area contributed by atoms with Crippen LogP contribution in [0.15, 0.2) is 0 Å². The Balaban J connectivity index is 2.37. The molecule has 0 spiro atoms. The number of hydrogen-bond acceptors (Lipinski definition) is 2. The Labute approximate surface area is 64.8 Å². The van der Waals surface area contributed by atoms with E-state index in [2.05, 4.69) is 0 Å². The van der Waals surface area contributed by atoms with Gasteiger partial charge in [0.2, 0.25) is 5.91 Å². The van der Waals surface area contributed by atoms with Crippen LogP contribution < -0.4 is 0 Å². The number of nitrogens with zero attached hydrogens (tertiary/aromatic N) is 1. The van der Waals surface area contributed by atoms with Crippen molar-refractivity contribution in [1.82, 2.24) is 4.90 Å². The Hall–Kier alpha value is -1.06. The fourth-order valence-electron chi connectivity index (χ4n) is 1.27. The van der Waals surface area contributed by atoms with Crippen LogP contribution in [0.2, 0.25) is 0 Å². The molecule has 1 rings (SSSR count). The summed E-state index contributed by atoms with van der Waals surface area (Å²) in [6, 6.07) is -0.0509. The van der Waals surface area contributed by atoms with Gasteiger partial charge in [-0.1, -0.05) is 0 Å². The first-order chi connectivity index (χ1) is 5.11. The third-order valence-electron chi connectivity index (χ3n) is 1.96. The van der Waals surface area contributed by atoms with Crippen LogP contribution in [0.4, 0.5) is 0 Å². The SMILES string of the molecule is CC(=O)N1CC[C@H]1CC(=O)O. The second-order valence-electron chi connectivity index (χ2n) is 2.75. The van der Waals surface area contributed by atoms with E-state index >= 15 is 0 Å². The van der Waals surface area contributed by atoms with E-state index < -0.39 is 5.97 Å². The largest absolute Gasteiger partial charge is 0.481 e. The Morgan fingerprint density at radius 3 is 2.55 bits per heavy atom. The molecule has 0 bridgehead atoms. The van der Waals surface area contributed by atoms with Crippen molar-refractivity contribution in [2.75, 3.05) is 6.54 Å². The summed E-state index contributed by atoms with van der Waals surface area (Å²) in [6.07, 6.45) is 0.908. The molecule has 4 heteroatoms. The van der Waals surface area contributed by atoms with Crippen molar-refractivity contribution in [3.05, 3.63) is 0 Å². The van der Waals surface area contributed by atoms with Crippen molar-refractivity contribution in [3.63, 3.8) is 0 Å². The first-order valence-corrected chi connectivity index (χ1v) is 3.60. The number of aliphatic carboxylic acids is 1. The van der Waals surface area contributed by atoms with E-state index in [0.717, 1.165) is 6.42 Å². The molecule has 0 radical (unpaired) electrons. The van der Waals surface area contributed by atoms with E-state index in [1.54, 1.807) is 4.90 Å². The fourth-order valence-corrected chi connectivity index (χ4v) is 1.27. The van der Waals surface area contributed by atoms with E-state index in [0.29, 0.717) is 6.54 Å². The molecular formula is C7H11NO3. The van der Waals surface area contributed by atoms with Gasteiger partial charge >= 0.3 is 5.97 Å². The molecule has 62 valence electrons. The van der Waals surface area contributed by atoms with Gasteiger partial charge in [-0.2, -0.15) is 0 Å². The Kier molecular flexibility index (Phi) is 2.12. The number of carbonyl (C=O) groups is 2. The predicted octanol–water partition coefficient (Wildman–Crippen LogP) is 0.0819. The van der Waals surface area contributed by atoms with Crippen LogP contribution in [-0.2, 0) is 9.59 Å². The quantitative estimate of drug-likeness (QED) is 0.617. The van der Waals surface area contributed by atoms with Gasteiger partial charge in [-0.15, -0.1) is 0 Å². The Morgan fingerprint density at radius 2 is 2.27 bits per heavy atom. The summed E-state index contributed by atoms with van der Waals surface area (Å²) in [4.78, 5) is 22.6. The summed E-state index contributed by atoms with van der Waals surface area (Å²) in [5.74, 6) is -0.858. The highest BCUT2D eigenvalue weighted by Crippen LogP contribution is 2.19. The number of likely N-dealkylation sites (tertiary alicyclic amines) is 1. The van der Waals surface area contributed by atoms with Crippen molar-refractivity contribution in [2.45, 2.75) is 25.8 Å². The molecule has 1 N–H and O–H groups in total. The molecule has 1 aliphatic rings. The zero-order chi connectivity index (χ0) is 8.43. The highest BCUT2D eigenvalue weighted by Gasteiger charge is 2.31. The van der Waals surface area contributed by atoms with E-state index in [1.165, 1.54) is 6.92 Å². The molecule has 0 aromatic rings. The summed E-state index contributed by atoms with van der Waals surface area (Å²) >= 11 is 0. The molecule has 1 aliphatic heterocycles. The lowest BCUT2D eigenvalue weighted by Crippen LogP contribution is -2.50. The average Bonchev–Trinajstić information content (AvgIpc) is 1.78. The summed E-state index contributed by atoms with van der Waals surface area (Å²) in [5.41, 5.74) is 0. The second-order valence-corrected chi connectivity index (χ2v) is 2.75. The summed E-state index contributed by atoms with van der Waals surface area (Å²) in [7, 11) is 0. The molecule has 0 aliphatic carbocycles. The highest BCUT2D eigenvalue weighted by atomic mass is 16.4. The van der Waals surface area contributed by atoms with Crippen LogP contribution in [0.3, 0.4) is 0 Å². The van der Waals surface area contributed by atoms with Crippen LogP contribution in [0.25, 0.3) is 0 Å². The van der Waals surface area contributed by atoms with Crippen molar-refractivity contribution in [3.8, 4) is 0 Å². The summed E-state index contributed by atoms with van der Waals surface area (Å²) in [6.45, 7) is 2.18. The maximum atomic E-state index is 10.8. The minimum atomic E-state index is -0.832. The molecule has 1 fully saturated rings. The molecule has 1 amide bonds. The Morgan fingerprint density at radius 1 is 1.64 bits per heavy atom. The van der Waals surface area contributed by atoms with Crippen LogP contribution >= 0.6 is 0 Å². The molecule has 1 saturated heterocycles. The van der Waals surface area contributed by atoms with Crippen molar-refractivity contribution in [2.24, 2.45) is 0 Å². The molecule has 1 atom stereocenters. The second kappa shape index (κ2) is 2.90. The monoisotopic (exact) mass is 157 g/mol. The lowest BCUT2D eigenvalue weighted by atomic mass is 10.00. The standard InChI is InChI=1S/C7H11NO3/c1-5(9)8-3-2-6(8)4-7(10)11/h6H,2-4H2,1H3,(H,10,11)/t6-/m0/s1. The van der Waals surface area contributed by atoms with Gasteiger partial charge in [0.1, 0.15) is 0 Å². The molecule has 0 saturated carbocycles. The van der Waals surface area contributed by atoms with Gasteiger partial charge in [-0.05, 0) is 6.42 Å². The lowest BCUT2D eigenvalue weighted by Gasteiger charge is -2.39. The number of hydrogen-bond donors (Lipinski definition) is 1. The van der Waals surface area contributed by atoms with Gasteiger partial charge in [0.15, 0.2) is 0 Å². The molecule has 0 aromatic carbocycles. The van der Waals surface area contributed by atoms with Gasteiger partial charge in [0.05, 0.1) is 6.42 Å². The van der Waals surface area contributed by atoms with Crippen molar-refractivity contribution in [1.29, 1.82) is 0 Å². The Bertz CT molecular complexity index is 190. The van der Waals surface area contributed by atoms with Gasteiger partial charge < -0.3 is 10.0 Å². The van der Waals surface area contributed by atoms with Gasteiger partial charge in [-0.3, -0.25) is 9.59 Å². The lowest BCUT2D eigenvalue weighted by molar-refractivity contribution is -0.144. The molecule has 11 heavy (non-hydrogen) atoms. The smallest absolute Gasteiger partial charge is 0.305 e. The zero-order valence-corrected chi connectivity index (χ0v) is 6.41. The van der Waals surface area contributed by atoms with E-state index in [9.17, 15) is 9.59 Å². The molecule has 4 nitrogen and oxygen atoms in total. The van der Waals surface area contributed by atoms with Gasteiger partial charge in [-0.25, -0.2) is 0 Å². The summed E-state index contributed by atoms with van der Waals surface area (Å²) < 4.78 is 0. The zero-order valence-electron chi connectivity index (χ0n) is 6.41. The van der Waals surface area contributed by atoms with Crippen molar-refractivity contribution >= 4 is 11.9 Å². The van der Waals surface area contributed by atoms with Crippen molar-refractivity contribution < 1.29 is 14.7 Å². The van der Waals surface area contributed by atoms with Crippen LogP contribution in [0.5, 0.6) is 0 Å². The van der Waals surface area contributed by atoms with Crippen LogP contribution in [0, 0.1) is 0 Å². The third-order valence-corrected chi connectivity index (χ3v) is 1.96. The normalized spacial score (nSPS) is 22.6. The minimum absolute atomic E-state index is 0.0255. The predicted molar refractivity (Wildman–Crippen MR) is 38.0 cm³/mol. The number of rotatable bonds is 2. The van der Waals surface area contributed by atoms with Gasteiger partial charge in [0, 0.05) is 19.5 Å². The number of carboxylic acids is 1. The maximum Gasteiger partial charge on any atom is 0.305 e. The number of amides is 1. The van der Waals surface area contributed by atoms with Crippen LogP contribution in [0.1, 0.15) is 19.8 Å². The van der Waals surface area contributed by atoms with E-state index in [-0.39, 0.29) is 18.4 Å². The maximum absolute atomic E-state index is 10.8. The topological polar surface area (TPSA) is 57.6 Å². The number of carbonyl (C=O) groups excluding carboxylic acids is 1.